The maximum Gasteiger partial charge on any atom is 0.165 e. The first-order valence-electron chi connectivity index (χ1n) is 9.41. The van der Waals surface area contributed by atoms with Crippen molar-refractivity contribution in [2.24, 2.45) is 0 Å². The van der Waals surface area contributed by atoms with Crippen LogP contribution in [0.3, 0.4) is 0 Å². The third kappa shape index (κ3) is 3.68. The average Bonchev–Trinajstić information content (AvgIpc) is 2.79. The zero-order valence-corrected chi connectivity index (χ0v) is 15.6. The topological polar surface area (TPSA) is 18.5 Å². The van der Waals surface area contributed by atoms with Crippen molar-refractivity contribution in [3.05, 3.63) is 138 Å². The normalized spacial score (nSPS) is 11.1. The van der Waals surface area contributed by atoms with Gasteiger partial charge in [-0.05, 0) is 28.8 Å². The fraction of sp³-hybridized carbons (Fsp3) is 0.0769. The first-order chi connectivity index (χ1) is 13.9. The first-order valence-corrected chi connectivity index (χ1v) is 9.41. The van der Waals surface area contributed by atoms with E-state index < -0.39 is 5.41 Å². The summed E-state index contributed by atoms with van der Waals surface area (Å²) in [6, 6.07) is 40.9. The predicted molar refractivity (Wildman–Crippen MR) is 112 cm³/mol. The van der Waals surface area contributed by atoms with E-state index in [1.54, 1.807) is 0 Å². The van der Waals surface area contributed by atoms with Crippen LogP contribution in [0.2, 0.25) is 0 Å². The molecule has 0 radical (unpaired) electrons. The van der Waals surface area contributed by atoms with Gasteiger partial charge in [0.15, 0.2) is 5.75 Å². The van der Waals surface area contributed by atoms with Crippen molar-refractivity contribution in [1.29, 1.82) is 0 Å². The van der Waals surface area contributed by atoms with Gasteiger partial charge in [0.25, 0.3) is 0 Å². The lowest BCUT2D eigenvalue weighted by atomic mass is 9.70. The molecule has 0 unspecified atom stereocenters. The molecular weight excluding hydrogens is 344 g/mol. The molecule has 0 saturated carbocycles. The van der Waals surface area contributed by atoms with E-state index in [9.17, 15) is 0 Å². The van der Waals surface area contributed by atoms with E-state index in [0.717, 1.165) is 16.7 Å². The zero-order chi connectivity index (χ0) is 19.1. The minimum Gasteiger partial charge on any atom is -0.338 e. The zero-order valence-electron chi connectivity index (χ0n) is 15.6. The number of rotatable bonds is 7. The lowest BCUT2D eigenvalue weighted by Gasteiger charge is -2.35. The molecule has 138 valence electrons. The van der Waals surface area contributed by atoms with Crippen molar-refractivity contribution in [1.82, 2.24) is 0 Å². The Hall–Kier alpha value is -3.36. The Balaban J connectivity index is 1.79. The second kappa shape index (κ2) is 8.55. The van der Waals surface area contributed by atoms with Crippen molar-refractivity contribution in [2.45, 2.75) is 5.41 Å². The third-order valence-corrected chi connectivity index (χ3v) is 4.97. The van der Waals surface area contributed by atoms with E-state index >= 15 is 0 Å². The number of benzene rings is 4. The summed E-state index contributed by atoms with van der Waals surface area (Å²) >= 11 is 0. The summed E-state index contributed by atoms with van der Waals surface area (Å²) in [7, 11) is 0. The largest absolute Gasteiger partial charge is 0.338 e. The Labute approximate surface area is 165 Å². The van der Waals surface area contributed by atoms with Crippen LogP contribution >= 0.6 is 0 Å². The second-order valence-electron chi connectivity index (χ2n) is 6.66. The van der Waals surface area contributed by atoms with Crippen molar-refractivity contribution < 1.29 is 9.78 Å². The quantitative estimate of drug-likeness (QED) is 0.226. The molecule has 0 N–H and O–H groups in total. The van der Waals surface area contributed by atoms with E-state index in [0.29, 0.717) is 12.4 Å². The molecular formula is C26H22O2. The van der Waals surface area contributed by atoms with Crippen LogP contribution in [0.1, 0.15) is 16.7 Å². The highest BCUT2D eigenvalue weighted by Crippen LogP contribution is 2.39. The van der Waals surface area contributed by atoms with Crippen molar-refractivity contribution in [3.8, 4) is 5.75 Å². The molecule has 4 aromatic carbocycles. The SMILES string of the molecule is c1ccc(OOCC(c2ccccc2)(c2ccccc2)c2ccccc2)cc1. The van der Waals surface area contributed by atoms with Gasteiger partial charge < -0.3 is 4.89 Å². The highest BCUT2D eigenvalue weighted by Gasteiger charge is 2.37. The van der Waals surface area contributed by atoms with E-state index in [-0.39, 0.29) is 0 Å². The van der Waals surface area contributed by atoms with Gasteiger partial charge >= 0.3 is 0 Å². The highest BCUT2D eigenvalue weighted by atomic mass is 17.2. The van der Waals surface area contributed by atoms with Crippen LogP contribution in [-0.2, 0) is 10.3 Å². The molecule has 2 heteroatoms. The van der Waals surface area contributed by atoms with Crippen LogP contribution in [0.5, 0.6) is 5.75 Å². The highest BCUT2D eigenvalue weighted by molar-refractivity contribution is 5.50. The molecule has 0 amide bonds. The summed E-state index contributed by atoms with van der Waals surface area (Å²) in [6.45, 7) is 0.347. The number of para-hydroxylation sites is 1. The fourth-order valence-electron chi connectivity index (χ4n) is 3.58. The molecule has 0 aliphatic rings. The minimum atomic E-state index is -0.488. The first kappa shape index (κ1) is 18.0. The van der Waals surface area contributed by atoms with Gasteiger partial charge in [-0.2, -0.15) is 4.89 Å². The monoisotopic (exact) mass is 366 g/mol. The Morgan fingerprint density at radius 3 is 1.21 bits per heavy atom. The second-order valence-corrected chi connectivity index (χ2v) is 6.66. The molecule has 0 heterocycles. The molecule has 4 aromatic rings. The smallest absolute Gasteiger partial charge is 0.165 e. The van der Waals surface area contributed by atoms with Crippen molar-refractivity contribution in [3.63, 3.8) is 0 Å². The molecule has 0 aliphatic carbocycles. The van der Waals surface area contributed by atoms with Gasteiger partial charge in [-0.1, -0.05) is 109 Å². The Kier molecular flexibility index (Phi) is 5.51. The van der Waals surface area contributed by atoms with E-state index in [1.165, 1.54) is 0 Å². The van der Waals surface area contributed by atoms with E-state index in [4.69, 9.17) is 9.78 Å². The van der Waals surface area contributed by atoms with Gasteiger partial charge in [-0.3, -0.25) is 0 Å². The lowest BCUT2D eigenvalue weighted by Crippen LogP contribution is -2.35. The van der Waals surface area contributed by atoms with Crippen molar-refractivity contribution >= 4 is 0 Å². The molecule has 0 atom stereocenters. The Bertz CT molecular complexity index is 871. The summed E-state index contributed by atoms with van der Waals surface area (Å²) < 4.78 is 0. The average molecular weight is 366 g/mol. The molecule has 0 saturated heterocycles. The molecule has 0 fully saturated rings. The maximum absolute atomic E-state index is 5.85. The van der Waals surface area contributed by atoms with Crippen LogP contribution in [-0.4, -0.2) is 6.61 Å². The van der Waals surface area contributed by atoms with Gasteiger partial charge in [-0.25, -0.2) is 0 Å². The van der Waals surface area contributed by atoms with Gasteiger partial charge in [-0.15, -0.1) is 0 Å². The van der Waals surface area contributed by atoms with Crippen LogP contribution in [0.15, 0.2) is 121 Å². The van der Waals surface area contributed by atoms with Crippen LogP contribution in [0.25, 0.3) is 0 Å². The summed E-state index contributed by atoms with van der Waals surface area (Å²) in [5.74, 6) is 0.686. The predicted octanol–water partition coefficient (Wildman–Crippen LogP) is 6.03. The van der Waals surface area contributed by atoms with Crippen LogP contribution in [0.4, 0.5) is 0 Å². The molecule has 0 spiro atoms. The summed E-state index contributed by atoms with van der Waals surface area (Å²) in [5, 5.41) is 0. The molecule has 0 aliphatic heterocycles. The van der Waals surface area contributed by atoms with E-state index in [1.807, 2.05) is 48.5 Å². The van der Waals surface area contributed by atoms with Gasteiger partial charge in [0.05, 0.1) is 5.41 Å². The van der Waals surface area contributed by atoms with E-state index in [2.05, 4.69) is 72.8 Å². The third-order valence-electron chi connectivity index (χ3n) is 4.97. The summed E-state index contributed by atoms with van der Waals surface area (Å²) in [6.07, 6.45) is 0. The molecule has 0 aromatic heterocycles. The van der Waals surface area contributed by atoms with Gasteiger partial charge in [0.1, 0.15) is 6.61 Å². The fourth-order valence-corrected chi connectivity index (χ4v) is 3.58. The minimum absolute atomic E-state index is 0.347. The van der Waals surface area contributed by atoms with Crippen LogP contribution < -0.4 is 4.89 Å². The summed E-state index contributed by atoms with van der Waals surface area (Å²) in [4.78, 5) is 11.5. The van der Waals surface area contributed by atoms with Crippen LogP contribution in [0, 0.1) is 0 Å². The Morgan fingerprint density at radius 2 is 0.821 bits per heavy atom. The molecule has 0 bridgehead atoms. The van der Waals surface area contributed by atoms with Gasteiger partial charge in [0.2, 0.25) is 0 Å². The molecule has 4 rings (SSSR count). The van der Waals surface area contributed by atoms with Crippen molar-refractivity contribution in [2.75, 3.05) is 6.61 Å². The number of hydrogen-bond donors (Lipinski definition) is 0. The standard InChI is InChI=1S/C26H22O2/c1-5-13-22(14-6-1)26(23-15-7-2-8-16-23,24-17-9-3-10-18-24)21-27-28-25-19-11-4-12-20-25/h1-20H,21H2. The molecule has 28 heavy (non-hydrogen) atoms. The summed E-state index contributed by atoms with van der Waals surface area (Å²) in [5.41, 5.74) is 2.98. The lowest BCUT2D eigenvalue weighted by molar-refractivity contribution is -0.214. The number of hydrogen-bond acceptors (Lipinski definition) is 2. The molecule has 2 nitrogen and oxygen atoms in total. The maximum atomic E-state index is 5.85. The Morgan fingerprint density at radius 1 is 0.464 bits per heavy atom. The van der Waals surface area contributed by atoms with Gasteiger partial charge in [0, 0.05) is 0 Å².